The molecule has 274 valence electrons. The van der Waals surface area contributed by atoms with E-state index in [0.717, 1.165) is 82.5 Å². The number of thiazole rings is 1. The van der Waals surface area contributed by atoms with Gasteiger partial charge in [-0.1, -0.05) is 118 Å². The fourth-order valence-electron chi connectivity index (χ4n) is 8.50. The Morgan fingerprint density at radius 3 is 2.27 bits per heavy atom. The number of ketones is 1. The number of nitriles is 1. The Bertz CT molecular complexity index is 2520. The highest BCUT2D eigenvalue weighted by atomic mass is 32.2. The average Bonchev–Trinajstić information content (AvgIpc) is 3.84. The number of rotatable bonds is 12. The van der Waals surface area contributed by atoms with Crippen LogP contribution in [-0.2, 0) is 29.6 Å². The average molecular weight is 758 g/mol. The van der Waals surface area contributed by atoms with Gasteiger partial charge in [-0.25, -0.2) is 0 Å². The SMILES string of the molecule is CCCCN1/C(=C/C2=C(C(=C=N)C#N)C(=C/c3sc4ccccc4[n+]3CCCC3(C)c4cc(CC)ccc4-c4ccc(CC)cc43)/C2=O)Sc2ccccc21. The molecule has 0 radical (unpaired) electrons. The minimum atomic E-state index is -0.117. The molecule has 1 N–H and O–H groups in total. The van der Waals surface area contributed by atoms with E-state index in [1.807, 2.05) is 24.3 Å². The molecule has 2 aliphatic carbocycles. The quantitative estimate of drug-likeness (QED) is 0.0595. The lowest BCUT2D eigenvalue weighted by Gasteiger charge is -2.28. The van der Waals surface area contributed by atoms with Crippen LogP contribution in [0, 0.1) is 16.7 Å². The number of unbranched alkanes of at least 4 members (excludes halogenated alkanes) is 1. The topological polar surface area (TPSA) is 71.8 Å². The zero-order chi connectivity index (χ0) is 38.3. The summed E-state index contributed by atoms with van der Waals surface area (Å²) in [6.45, 7) is 10.7. The standard InChI is InChI=1S/C48H45N4OS2/c1-5-8-23-51-40-14-9-11-16-42(40)54-44(51)27-36-46(33(29-49)30-50)37(47(36)53)28-45-52(41-15-10-12-17-43(41)55-45)24-13-22-48(4)38-25-31(6-2)18-20-34(38)35-21-19-32(7-3)26-39(35)48/h9-12,14-21,25-28,49H,5-8,13,22-24H2,1-4H3/q+1. The van der Waals surface area contributed by atoms with E-state index in [1.165, 1.54) is 33.4 Å². The molecule has 0 bridgehead atoms. The molecule has 4 aromatic carbocycles. The number of hydrogen-bond donors (Lipinski definition) is 1. The number of anilines is 1. The van der Waals surface area contributed by atoms with Gasteiger partial charge >= 0.3 is 0 Å². The molecule has 3 aliphatic rings. The van der Waals surface area contributed by atoms with Gasteiger partial charge in [0, 0.05) is 52.1 Å². The number of allylic oxidation sites excluding steroid dienone is 5. The number of Topliss-reactive ketones (excluding diaryl/α,β-unsaturated/α-hetero) is 1. The second-order valence-corrected chi connectivity index (χ2v) is 16.9. The maximum Gasteiger partial charge on any atom is 0.263 e. The van der Waals surface area contributed by atoms with Gasteiger partial charge in [-0.2, -0.15) is 9.83 Å². The number of carbonyl (C=O) groups excluding carboxylic acids is 1. The number of hydrogen-bond acceptors (Lipinski definition) is 6. The first kappa shape index (κ1) is 36.7. The van der Waals surface area contributed by atoms with Crippen molar-refractivity contribution in [1.82, 2.24) is 0 Å². The van der Waals surface area contributed by atoms with Gasteiger partial charge in [-0.15, -0.1) is 0 Å². The summed E-state index contributed by atoms with van der Waals surface area (Å²) in [4.78, 5) is 17.6. The summed E-state index contributed by atoms with van der Waals surface area (Å²) in [5, 5.41) is 20.1. The van der Waals surface area contributed by atoms with Crippen molar-refractivity contribution in [3.8, 4) is 17.2 Å². The van der Waals surface area contributed by atoms with Gasteiger partial charge in [0.05, 0.1) is 10.7 Å². The van der Waals surface area contributed by atoms with Crippen LogP contribution >= 0.6 is 23.1 Å². The highest BCUT2D eigenvalue weighted by Gasteiger charge is 2.41. The summed E-state index contributed by atoms with van der Waals surface area (Å²) in [5.41, 5.74) is 12.0. The van der Waals surface area contributed by atoms with Crippen molar-refractivity contribution in [1.29, 1.82) is 10.7 Å². The van der Waals surface area contributed by atoms with Crippen LogP contribution in [0.2, 0.25) is 0 Å². The number of aryl methyl sites for hydroxylation is 3. The van der Waals surface area contributed by atoms with Gasteiger partial charge in [0.15, 0.2) is 12.3 Å². The van der Waals surface area contributed by atoms with Gasteiger partial charge in [0.25, 0.3) is 5.01 Å². The molecule has 1 aromatic heterocycles. The third-order valence-corrected chi connectivity index (χ3v) is 13.8. The number of carbonyl (C=O) groups is 1. The third kappa shape index (κ3) is 6.33. The lowest BCUT2D eigenvalue weighted by atomic mass is 9.75. The predicted molar refractivity (Wildman–Crippen MR) is 228 cm³/mol. The molecule has 1 aliphatic heterocycles. The highest BCUT2D eigenvalue weighted by molar-refractivity contribution is 8.03. The van der Waals surface area contributed by atoms with Crippen LogP contribution in [0.3, 0.4) is 0 Å². The maximum absolute atomic E-state index is 14.2. The van der Waals surface area contributed by atoms with Gasteiger partial charge in [0.1, 0.15) is 16.3 Å². The van der Waals surface area contributed by atoms with E-state index in [9.17, 15) is 10.1 Å². The number of nitrogens with one attached hydrogen (secondary N) is 1. The Kier molecular flexibility index (Phi) is 10.1. The summed E-state index contributed by atoms with van der Waals surface area (Å²) in [5.74, 6) is 2.25. The van der Waals surface area contributed by atoms with E-state index in [2.05, 4.69) is 122 Å². The van der Waals surface area contributed by atoms with Gasteiger partial charge < -0.3 is 4.90 Å². The summed E-state index contributed by atoms with van der Waals surface area (Å²) < 4.78 is 3.49. The molecule has 0 spiro atoms. The first-order valence-electron chi connectivity index (χ1n) is 19.5. The van der Waals surface area contributed by atoms with E-state index in [-0.39, 0.29) is 16.8 Å². The normalized spacial score (nSPS) is 16.6. The van der Waals surface area contributed by atoms with E-state index in [4.69, 9.17) is 5.41 Å². The summed E-state index contributed by atoms with van der Waals surface area (Å²) >= 11 is 3.31. The van der Waals surface area contributed by atoms with Crippen molar-refractivity contribution >= 4 is 56.7 Å². The molecule has 0 saturated carbocycles. The fraction of sp³-hybridized carbons (Fsp3) is 0.271. The highest BCUT2D eigenvalue weighted by Crippen LogP contribution is 2.52. The Hall–Kier alpha value is -5.25. The molecule has 5 nitrogen and oxygen atoms in total. The number of nitrogens with zero attached hydrogens (tertiary/aromatic N) is 3. The molecular weight excluding hydrogens is 713 g/mol. The van der Waals surface area contributed by atoms with Crippen LogP contribution in [-0.4, -0.2) is 18.2 Å². The first-order chi connectivity index (χ1) is 26.8. The smallest absolute Gasteiger partial charge is 0.263 e. The number of fused-ring (bicyclic) bond motifs is 5. The monoisotopic (exact) mass is 757 g/mol. The molecule has 5 aromatic rings. The molecule has 0 unspecified atom stereocenters. The molecule has 0 amide bonds. The van der Waals surface area contributed by atoms with E-state index in [0.29, 0.717) is 16.7 Å². The van der Waals surface area contributed by atoms with E-state index < -0.39 is 0 Å². The lowest BCUT2D eigenvalue weighted by molar-refractivity contribution is -0.669. The number of thioether (sulfide) groups is 1. The van der Waals surface area contributed by atoms with E-state index >= 15 is 0 Å². The summed E-state index contributed by atoms with van der Waals surface area (Å²) in [6, 6.07) is 33.0. The zero-order valence-electron chi connectivity index (χ0n) is 32.0. The Morgan fingerprint density at radius 2 is 1.60 bits per heavy atom. The van der Waals surface area contributed by atoms with Crippen molar-refractivity contribution in [3.63, 3.8) is 0 Å². The molecular formula is C48H45N4OS2+. The van der Waals surface area contributed by atoms with Crippen LogP contribution in [0.25, 0.3) is 27.4 Å². The van der Waals surface area contributed by atoms with Crippen LogP contribution in [0.4, 0.5) is 5.69 Å². The molecule has 0 fully saturated rings. The predicted octanol–water partition coefficient (Wildman–Crippen LogP) is 11.3. The maximum atomic E-state index is 14.2. The first-order valence-corrected chi connectivity index (χ1v) is 21.1. The third-order valence-electron chi connectivity index (χ3n) is 11.6. The Morgan fingerprint density at radius 1 is 0.909 bits per heavy atom. The molecule has 55 heavy (non-hydrogen) atoms. The van der Waals surface area contributed by atoms with E-state index in [1.54, 1.807) is 23.1 Å². The molecule has 7 heteroatoms. The fourth-order valence-corrected chi connectivity index (χ4v) is 10.8. The second-order valence-electron chi connectivity index (χ2n) is 14.8. The van der Waals surface area contributed by atoms with Crippen molar-refractivity contribution in [2.45, 2.75) is 83.1 Å². The summed E-state index contributed by atoms with van der Waals surface area (Å²) in [7, 11) is 0. The molecule has 8 rings (SSSR count). The van der Waals surface area contributed by atoms with Crippen LogP contribution in [0.1, 0.15) is 80.6 Å². The lowest BCUT2D eigenvalue weighted by Crippen LogP contribution is -2.36. The number of benzene rings is 4. The van der Waals surface area contributed by atoms with Gasteiger partial charge in [-0.3, -0.25) is 10.2 Å². The van der Waals surface area contributed by atoms with Crippen LogP contribution in [0.15, 0.2) is 123 Å². The summed E-state index contributed by atoms with van der Waals surface area (Å²) in [6.07, 6.45) is 9.88. The minimum absolute atomic E-state index is 0.0790. The molecule has 2 heterocycles. The van der Waals surface area contributed by atoms with Crippen molar-refractivity contribution in [2.24, 2.45) is 0 Å². The van der Waals surface area contributed by atoms with Gasteiger partial charge in [-0.05, 0) is 89.2 Å². The second kappa shape index (κ2) is 15.1. The minimum Gasteiger partial charge on any atom is -0.335 e. The van der Waals surface area contributed by atoms with Crippen molar-refractivity contribution in [3.05, 3.63) is 146 Å². The van der Waals surface area contributed by atoms with Crippen LogP contribution in [0.5, 0.6) is 0 Å². The molecule has 0 atom stereocenters. The zero-order valence-corrected chi connectivity index (χ0v) is 33.6. The van der Waals surface area contributed by atoms with Gasteiger partial charge in [0.2, 0.25) is 5.52 Å². The van der Waals surface area contributed by atoms with Crippen LogP contribution < -0.4 is 9.47 Å². The largest absolute Gasteiger partial charge is 0.335 e. The Balaban J connectivity index is 1.16. The number of para-hydroxylation sites is 2. The van der Waals surface area contributed by atoms with Crippen molar-refractivity contribution in [2.75, 3.05) is 11.4 Å². The molecule has 0 saturated heterocycles. The Labute approximate surface area is 332 Å². The van der Waals surface area contributed by atoms with Crippen molar-refractivity contribution < 1.29 is 9.36 Å². The number of aromatic nitrogens is 1.